The molecule has 148 valence electrons. The quantitative estimate of drug-likeness (QED) is 0.363. The Bertz CT molecular complexity index is 865. The van der Waals surface area contributed by atoms with Gasteiger partial charge in [-0.2, -0.15) is 4.57 Å². The van der Waals surface area contributed by atoms with Crippen molar-refractivity contribution in [1.82, 2.24) is 0 Å². The lowest BCUT2D eigenvalue weighted by atomic mass is 10.0. The van der Waals surface area contributed by atoms with Gasteiger partial charge in [0.05, 0.1) is 0 Å². The van der Waals surface area contributed by atoms with E-state index < -0.39 is 7.25 Å². The van der Waals surface area contributed by atoms with Crippen LogP contribution in [-0.2, 0) is 13.0 Å². The summed E-state index contributed by atoms with van der Waals surface area (Å²) in [5.41, 5.74) is 6.00. The highest BCUT2D eigenvalue weighted by Crippen LogP contribution is 2.25. The van der Waals surface area contributed by atoms with Crippen LogP contribution in [0.1, 0.15) is 12.6 Å². The molecule has 0 saturated heterocycles. The number of aliphatic hydroxyl groups excluding tert-OH is 1. The molecule has 1 N–H and O–H groups in total. The van der Waals surface area contributed by atoms with Gasteiger partial charge in [-0.1, -0.05) is 55.5 Å². The van der Waals surface area contributed by atoms with Crippen LogP contribution in [0.2, 0.25) is 0 Å². The van der Waals surface area contributed by atoms with Crippen LogP contribution in [-0.4, -0.2) is 19.0 Å². The number of aryl methyl sites for hydroxylation is 1. The third-order valence-electron chi connectivity index (χ3n) is 4.11. The van der Waals surface area contributed by atoms with Crippen LogP contribution in [0.4, 0.5) is 17.3 Å². The number of aliphatic hydroxyl groups is 1. The molecule has 0 bridgehead atoms. The summed E-state index contributed by atoms with van der Waals surface area (Å²) >= 11 is 0. The van der Waals surface area contributed by atoms with Crippen molar-refractivity contribution in [3.63, 3.8) is 0 Å². The Balaban J connectivity index is 0.000000500. The average molecular weight is 391 g/mol. The van der Waals surface area contributed by atoms with E-state index in [2.05, 4.69) is 72.2 Å². The molecule has 0 aliphatic rings. The van der Waals surface area contributed by atoms with Gasteiger partial charge in [-0.15, -0.1) is 0 Å². The zero-order valence-corrected chi connectivity index (χ0v) is 15.5. The van der Waals surface area contributed by atoms with E-state index in [0.717, 1.165) is 12.1 Å². The van der Waals surface area contributed by atoms with Crippen LogP contribution in [0.3, 0.4) is 0 Å². The lowest BCUT2D eigenvalue weighted by molar-refractivity contribution is -0.694. The number of rotatable bonds is 5. The second kappa shape index (κ2) is 10.0. The third-order valence-corrected chi connectivity index (χ3v) is 4.11. The summed E-state index contributed by atoms with van der Waals surface area (Å²) in [7, 11) is -6.00. The minimum absolute atomic E-state index is 0.141. The van der Waals surface area contributed by atoms with E-state index in [9.17, 15) is 22.4 Å². The maximum Gasteiger partial charge on any atom is 0.673 e. The van der Waals surface area contributed by atoms with E-state index in [1.54, 1.807) is 0 Å². The Kier molecular flexibility index (Phi) is 7.75. The van der Waals surface area contributed by atoms with Gasteiger partial charge >= 0.3 is 7.25 Å². The van der Waals surface area contributed by atoms with Crippen LogP contribution in [0, 0.1) is 0 Å². The maximum atomic E-state index is 9.75. The van der Waals surface area contributed by atoms with Crippen molar-refractivity contribution in [2.45, 2.75) is 19.9 Å². The molecule has 28 heavy (non-hydrogen) atoms. The molecule has 1 aromatic heterocycles. The Hall–Kier alpha value is -2.67. The SMILES string of the molecule is CCc1cc(-c2ccccc2)cc(-c2ccccc2)[n+]1CCO.F[B-](F)(F)F. The molecular weight excluding hydrogens is 369 g/mol. The first-order valence-corrected chi connectivity index (χ1v) is 8.99. The second-order valence-electron chi connectivity index (χ2n) is 6.08. The summed E-state index contributed by atoms with van der Waals surface area (Å²) in [5.74, 6) is 0. The molecule has 0 radical (unpaired) electrons. The van der Waals surface area contributed by atoms with Gasteiger partial charge < -0.3 is 22.4 Å². The molecule has 2 nitrogen and oxygen atoms in total. The molecule has 0 unspecified atom stereocenters. The fourth-order valence-electron chi connectivity index (χ4n) is 2.98. The summed E-state index contributed by atoms with van der Waals surface area (Å²) in [4.78, 5) is 0. The van der Waals surface area contributed by atoms with Crippen LogP contribution >= 0.6 is 0 Å². The molecule has 3 aromatic rings. The molecule has 0 atom stereocenters. The van der Waals surface area contributed by atoms with Gasteiger partial charge in [0.2, 0.25) is 5.69 Å². The van der Waals surface area contributed by atoms with Crippen LogP contribution in [0.15, 0.2) is 72.8 Å². The van der Waals surface area contributed by atoms with Gasteiger partial charge in [-0.3, -0.25) is 0 Å². The Morgan fingerprint density at radius 1 is 0.786 bits per heavy atom. The van der Waals surface area contributed by atoms with Crippen molar-refractivity contribution in [1.29, 1.82) is 0 Å². The Morgan fingerprint density at radius 3 is 1.75 bits per heavy atom. The fourth-order valence-corrected chi connectivity index (χ4v) is 2.98. The van der Waals surface area contributed by atoms with Crippen LogP contribution in [0.25, 0.3) is 22.4 Å². The topological polar surface area (TPSA) is 24.1 Å². The molecule has 0 spiro atoms. The predicted molar refractivity (Wildman–Crippen MR) is 104 cm³/mol. The summed E-state index contributed by atoms with van der Waals surface area (Å²) in [5, 5.41) is 9.48. The normalized spacial score (nSPS) is 10.9. The first kappa shape index (κ1) is 21.6. The van der Waals surface area contributed by atoms with Crippen molar-refractivity contribution in [3.8, 4) is 22.4 Å². The molecule has 0 saturated carbocycles. The molecule has 0 amide bonds. The summed E-state index contributed by atoms with van der Waals surface area (Å²) in [6.07, 6.45) is 0.931. The highest BCUT2D eigenvalue weighted by molar-refractivity contribution is 6.50. The van der Waals surface area contributed by atoms with Crippen molar-refractivity contribution in [2.24, 2.45) is 0 Å². The molecule has 0 aliphatic carbocycles. The lowest BCUT2D eigenvalue weighted by Gasteiger charge is -2.11. The van der Waals surface area contributed by atoms with Crippen molar-refractivity contribution < 1.29 is 26.9 Å². The number of benzene rings is 2. The average Bonchev–Trinajstić information content (AvgIpc) is 2.68. The minimum atomic E-state index is -6.00. The van der Waals surface area contributed by atoms with Gasteiger partial charge in [-0.05, 0) is 23.3 Å². The van der Waals surface area contributed by atoms with Crippen molar-refractivity contribution in [3.05, 3.63) is 78.5 Å². The molecule has 0 aliphatic heterocycles. The molecule has 1 heterocycles. The van der Waals surface area contributed by atoms with Crippen molar-refractivity contribution in [2.75, 3.05) is 6.61 Å². The maximum absolute atomic E-state index is 9.75. The predicted octanol–water partition coefficient (Wildman–Crippen LogP) is 5.16. The second-order valence-corrected chi connectivity index (χ2v) is 6.08. The summed E-state index contributed by atoms with van der Waals surface area (Å²) in [6, 6.07) is 25.3. The number of halogens is 4. The molecule has 3 rings (SSSR count). The van der Waals surface area contributed by atoms with Gasteiger partial charge in [-0.25, -0.2) is 0 Å². The van der Waals surface area contributed by atoms with Gasteiger partial charge in [0.25, 0.3) is 0 Å². The van der Waals surface area contributed by atoms with Crippen LogP contribution in [0.5, 0.6) is 0 Å². The number of hydrogen-bond acceptors (Lipinski definition) is 1. The fraction of sp³-hybridized carbons (Fsp3) is 0.190. The summed E-state index contributed by atoms with van der Waals surface area (Å²) < 4.78 is 41.2. The number of aromatic nitrogens is 1. The zero-order chi connectivity index (χ0) is 20.6. The van der Waals surface area contributed by atoms with Gasteiger partial charge in [0, 0.05) is 24.1 Å². The Labute approximate surface area is 162 Å². The summed E-state index contributed by atoms with van der Waals surface area (Å²) in [6.45, 7) is 2.91. The number of nitrogens with zero attached hydrogens (tertiary/aromatic N) is 1. The van der Waals surface area contributed by atoms with Gasteiger partial charge in [0.15, 0.2) is 12.2 Å². The highest BCUT2D eigenvalue weighted by Gasteiger charge is 2.21. The zero-order valence-electron chi connectivity index (χ0n) is 15.5. The molecule has 0 fully saturated rings. The molecular formula is C21H22BF4NO. The highest BCUT2D eigenvalue weighted by atomic mass is 19.5. The molecule has 2 aromatic carbocycles. The lowest BCUT2D eigenvalue weighted by Crippen LogP contribution is -2.42. The van der Waals surface area contributed by atoms with Gasteiger partial charge in [0.1, 0.15) is 6.61 Å². The minimum Gasteiger partial charge on any atom is -0.418 e. The van der Waals surface area contributed by atoms with E-state index in [1.807, 2.05) is 12.1 Å². The number of hydrogen-bond donors (Lipinski definition) is 1. The largest absolute Gasteiger partial charge is 0.673 e. The first-order chi connectivity index (χ1) is 13.3. The van der Waals surface area contributed by atoms with Crippen LogP contribution < -0.4 is 4.57 Å². The van der Waals surface area contributed by atoms with E-state index in [4.69, 9.17) is 0 Å². The van der Waals surface area contributed by atoms with E-state index in [1.165, 1.54) is 22.4 Å². The van der Waals surface area contributed by atoms with E-state index in [-0.39, 0.29) is 6.61 Å². The van der Waals surface area contributed by atoms with Crippen molar-refractivity contribution >= 4 is 7.25 Å². The first-order valence-electron chi connectivity index (χ1n) is 8.99. The molecule has 7 heteroatoms. The Morgan fingerprint density at radius 2 is 1.29 bits per heavy atom. The number of pyridine rings is 1. The monoisotopic (exact) mass is 391 g/mol. The third kappa shape index (κ3) is 6.49. The smallest absolute Gasteiger partial charge is 0.418 e. The van der Waals surface area contributed by atoms with E-state index >= 15 is 0 Å². The van der Waals surface area contributed by atoms with E-state index in [0.29, 0.717) is 6.54 Å². The standard InChI is InChI=1S/C21H22NO.BF4/c1-2-20-15-19(17-9-5-3-6-10-17)16-21(22(20)13-14-23)18-11-7-4-8-12-18;2-1(3,4)5/h3-12,15-16,23H,2,13-14H2,1H3;/q+1;-1.